The van der Waals surface area contributed by atoms with E-state index < -0.39 is 37.5 Å². The Morgan fingerprint density at radius 1 is 1.30 bits per heavy atom. The maximum absolute atomic E-state index is 15.1. The van der Waals surface area contributed by atoms with Crippen LogP contribution < -0.4 is 34.5 Å². The van der Waals surface area contributed by atoms with E-state index in [1.807, 2.05) is 6.07 Å². The Labute approximate surface area is 259 Å². The molecule has 0 fully saturated rings. The Balaban J connectivity index is 0.00000241. The topological polar surface area (TPSA) is 137 Å². The fourth-order valence-electron chi connectivity index (χ4n) is 3.74. The molecule has 0 spiro atoms. The number of halogens is 2. The summed E-state index contributed by atoms with van der Waals surface area (Å²) in [6, 6.07) is 11.3. The Kier molecular flexibility index (Phi) is 11.3. The number of thiazole rings is 1. The minimum Gasteiger partial charge on any atom is -0.756 e. The molecule has 2 heterocycles. The van der Waals surface area contributed by atoms with Crippen molar-refractivity contribution < 1.29 is 57.2 Å². The van der Waals surface area contributed by atoms with Gasteiger partial charge in [0, 0.05) is 58.0 Å². The van der Waals surface area contributed by atoms with Crippen LogP contribution in [0.5, 0.6) is 0 Å². The zero-order valence-corrected chi connectivity index (χ0v) is 25.8. The van der Waals surface area contributed by atoms with E-state index in [-0.39, 0.29) is 64.7 Å². The van der Waals surface area contributed by atoms with Gasteiger partial charge in [0.2, 0.25) is 0 Å². The van der Waals surface area contributed by atoms with E-state index in [9.17, 15) is 18.7 Å². The number of hydrogen-bond acceptors (Lipinski definition) is 8. The zero-order valence-electron chi connectivity index (χ0n) is 20.1. The summed E-state index contributed by atoms with van der Waals surface area (Å²) in [5, 5.41) is 15.0. The maximum atomic E-state index is 15.1. The third-order valence-corrected chi connectivity index (χ3v) is 7.01. The summed E-state index contributed by atoms with van der Waals surface area (Å²) in [4.78, 5) is 30.1. The second kappa shape index (κ2) is 13.2. The summed E-state index contributed by atoms with van der Waals surface area (Å²) in [6.07, 6.45) is 2.46. The molecule has 1 N–H and O–H groups in total. The Bertz CT molecular complexity index is 1430. The van der Waals surface area contributed by atoms with Crippen molar-refractivity contribution in [1.29, 1.82) is 5.26 Å². The molecule has 4 aromatic rings. The predicted molar refractivity (Wildman–Crippen MR) is 125 cm³/mol. The number of hydrogen-bond donors (Lipinski definition) is 1. The molecule has 181 valence electrons. The summed E-state index contributed by atoms with van der Waals surface area (Å²) < 4.78 is 47.2. The zero-order chi connectivity index (χ0) is 25.2. The van der Waals surface area contributed by atoms with Crippen LogP contribution in [0.1, 0.15) is 29.0 Å². The Hall–Kier alpha value is -1.33. The van der Waals surface area contributed by atoms with Crippen LogP contribution in [-0.2, 0) is 21.2 Å². The SMILES string of the molecule is C[C@@H](c1nc(-c2ccc(C#N)cc2)cs1)[C@@](Cn1cncn1)(OP(=O)([O-])O)c1ccc(F)cc1F.[Na+].[Na]. The van der Waals surface area contributed by atoms with Crippen LogP contribution in [0.3, 0.4) is 0 Å². The summed E-state index contributed by atoms with van der Waals surface area (Å²) in [6.45, 7) is 1.16. The number of aromatic nitrogens is 4. The van der Waals surface area contributed by atoms with E-state index in [0.29, 0.717) is 27.9 Å². The number of nitrogens with zero attached hydrogens (tertiary/aromatic N) is 5. The molecule has 0 saturated heterocycles. The van der Waals surface area contributed by atoms with Crippen LogP contribution in [0, 0.1) is 23.0 Å². The molecule has 15 heteroatoms. The molecular formula is C22H17F2N5Na2O4PS. The number of nitriles is 1. The molecule has 1 radical (unpaired) electrons. The largest absolute Gasteiger partial charge is 1.00 e. The molecule has 0 aliphatic carbocycles. The number of phosphoric acid groups is 1. The average Bonchev–Trinajstić information content (AvgIpc) is 3.49. The van der Waals surface area contributed by atoms with Crippen LogP contribution in [0.2, 0.25) is 0 Å². The number of phosphoric ester groups is 1. The molecule has 2 aromatic carbocycles. The van der Waals surface area contributed by atoms with E-state index in [1.165, 1.54) is 17.3 Å². The minimum atomic E-state index is -5.46. The normalized spacial score (nSPS) is 14.8. The van der Waals surface area contributed by atoms with E-state index in [2.05, 4.69) is 15.1 Å². The molecule has 2 aromatic heterocycles. The maximum Gasteiger partial charge on any atom is 1.00 e. The fraction of sp³-hybridized carbons (Fsp3) is 0.182. The summed E-state index contributed by atoms with van der Waals surface area (Å²) >= 11 is 1.16. The van der Waals surface area contributed by atoms with Crippen LogP contribution >= 0.6 is 19.2 Å². The fourth-order valence-corrected chi connectivity index (χ4v) is 5.43. The van der Waals surface area contributed by atoms with Gasteiger partial charge in [0.05, 0.1) is 28.9 Å². The standard InChI is InChI=1S/C22H18F2N5O4PS.2Na/c1-14(21-28-20(10-35-21)16-4-2-15(9-25)3-5-16)22(33-34(30,31)32,11-29-13-26-12-27-29)18-7-6-17(23)8-19(18)24;;/h2-8,10,12-14H,11H2,1H3,(H2,30,31,32);;/q;;+1/p-1/t14-,22+;;/m0../s1. The molecular weight excluding hydrogens is 545 g/mol. The van der Waals surface area contributed by atoms with E-state index in [0.717, 1.165) is 23.5 Å². The smallest absolute Gasteiger partial charge is 0.756 e. The van der Waals surface area contributed by atoms with Crippen LogP contribution in [0.25, 0.3) is 11.3 Å². The van der Waals surface area contributed by atoms with Crippen LogP contribution in [0.15, 0.2) is 60.5 Å². The molecule has 0 aliphatic rings. The van der Waals surface area contributed by atoms with Gasteiger partial charge in [0.25, 0.3) is 7.82 Å². The van der Waals surface area contributed by atoms with Crippen molar-refractivity contribution >= 4 is 48.7 Å². The van der Waals surface area contributed by atoms with Gasteiger partial charge in [-0.3, -0.25) is 4.57 Å². The third-order valence-electron chi connectivity index (χ3n) is 5.43. The molecule has 4 rings (SSSR count). The summed E-state index contributed by atoms with van der Waals surface area (Å²) in [5.41, 5.74) is -0.714. The van der Waals surface area contributed by atoms with Crippen molar-refractivity contribution in [3.05, 3.63) is 88.3 Å². The molecule has 3 atom stereocenters. The van der Waals surface area contributed by atoms with Crippen molar-refractivity contribution in [1.82, 2.24) is 19.7 Å². The first-order chi connectivity index (χ1) is 16.6. The second-order valence-electron chi connectivity index (χ2n) is 7.65. The number of benzene rings is 2. The van der Waals surface area contributed by atoms with E-state index in [1.54, 1.807) is 36.6 Å². The quantitative estimate of drug-likeness (QED) is 0.240. The third kappa shape index (κ3) is 7.41. The summed E-state index contributed by atoms with van der Waals surface area (Å²) in [5.74, 6) is -2.92. The first kappa shape index (κ1) is 31.9. The van der Waals surface area contributed by atoms with Crippen molar-refractivity contribution in [2.45, 2.75) is 25.0 Å². The second-order valence-corrected chi connectivity index (χ2v) is 9.66. The molecule has 0 bridgehead atoms. The first-order valence-corrected chi connectivity index (χ1v) is 12.5. The van der Waals surface area contributed by atoms with Crippen molar-refractivity contribution in [2.75, 3.05) is 0 Å². The predicted octanol–water partition coefficient (Wildman–Crippen LogP) is 0.351. The van der Waals surface area contributed by atoms with Gasteiger partial charge in [0.15, 0.2) is 0 Å². The molecule has 0 saturated carbocycles. The van der Waals surface area contributed by atoms with Gasteiger partial charge in [0.1, 0.15) is 29.9 Å². The molecule has 1 unspecified atom stereocenters. The van der Waals surface area contributed by atoms with Gasteiger partial charge in [-0.15, -0.1) is 11.3 Å². The molecule has 0 aliphatic heterocycles. The Morgan fingerprint density at radius 3 is 2.57 bits per heavy atom. The minimum absolute atomic E-state index is 0. The van der Waals surface area contributed by atoms with E-state index >= 15 is 4.39 Å². The molecule has 37 heavy (non-hydrogen) atoms. The van der Waals surface area contributed by atoms with E-state index in [4.69, 9.17) is 9.79 Å². The van der Waals surface area contributed by atoms with Crippen molar-refractivity contribution in [2.24, 2.45) is 0 Å². The van der Waals surface area contributed by atoms with Crippen LogP contribution in [-0.4, -0.2) is 54.2 Å². The van der Waals surface area contributed by atoms with Crippen molar-refractivity contribution in [3.8, 4) is 17.3 Å². The van der Waals surface area contributed by atoms with Gasteiger partial charge in [-0.1, -0.05) is 25.1 Å². The van der Waals surface area contributed by atoms with Gasteiger partial charge in [-0.05, 0) is 18.2 Å². The Morgan fingerprint density at radius 2 is 2.00 bits per heavy atom. The molecule has 0 amide bonds. The first-order valence-electron chi connectivity index (χ1n) is 10.1. The van der Waals surface area contributed by atoms with Crippen LogP contribution in [0.4, 0.5) is 8.78 Å². The van der Waals surface area contributed by atoms with Gasteiger partial charge >= 0.3 is 29.6 Å². The van der Waals surface area contributed by atoms with Gasteiger partial charge in [-0.2, -0.15) is 10.4 Å². The van der Waals surface area contributed by atoms with Gasteiger partial charge < -0.3 is 14.3 Å². The van der Waals surface area contributed by atoms with Crippen molar-refractivity contribution in [3.63, 3.8) is 0 Å². The monoisotopic (exact) mass is 562 g/mol. The summed E-state index contributed by atoms with van der Waals surface area (Å²) in [7, 11) is -5.46. The molecule has 9 nitrogen and oxygen atoms in total. The van der Waals surface area contributed by atoms with Gasteiger partial charge in [-0.25, -0.2) is 23.4 Å². The average molecular weight is 562 g/mol. The number of rotatable bonds is 8.